The molecule has 1 nitrogen and oxygen atoms in total. The molecule has 2 unspecified atom stereocenters. The van der Waals surface area contributed by atoms with Crippen molar-refractivity contribution in [1.29, 1.82) is 0 Å². The standard InChI is InChI=1S/C30H51N/c1-10-11-12-13-14-15-16-17-18-19-20-31(29-25(6)21(2)22(3)26(29)7)30-27(8)23(4)24(5)28(30)9/h25,27H,10-20H2,1-9H3. The number of hydrogen-bond acceptors (Lipinski definition) is 1. The molecule has 2 aliphatic carbocycles. The van der Waals surface area contributed by atoms with E-state index in [-0.39, 0.29) is 0 Å². The Labute approximate surface area is 194 Å². The molecule has 0 aromatic rings. The molecule has 0 N–H and O–H groups in total. The Balaban J connectivity index is 2.00. The molecule has 0 amide bonds. The van der Waals surface area contributed by atoms with Crippen LogP contribution in [0.1, 0.15) is 127 Å². The molecule has 0 spiro atoms. The van der Waals surface area contributed by atoms with Gasteiger partial charge in [-0.2, -0.15) is 0 Å². The summed E-state index contributed by atoms with van der Waals surface area (Å²) in [5.41, 5.74) is 12.3. The van der Waals surface area contributed by atoms with Crippen LogP contribution < -0.4 is 0 Å². The molecule has 0 aromatic carbocycles. The highest BCUT2D eigenvalue weighted by atomic mass is 15.2. The van der Waals surface area contributed by atoms with Gasteiger partial charge < -0.3 is 4.90 Å². The van der Waals surface area contributed by atoms with Gasteiger partial charge in [-0.25, -0.2) is 0 Å². The molecule has 0 heterocycles. The second kappa shape index (κ2) is 12.1. The van der Waals surface area contributed by atoms with Gasteiger partial charge in [-0.05, 0) is 70.3 Å². The first-order valence-electron chi connectivity index (χ1n) is 13.3. The lowest BCUT2D eigenvalue weighted by Gasteiger charge is -2.35. The van der Waals surface area contributed by atoms with Gasteiger partial charge in [0.1, 0.15) is 0 Å². The van der Waals surface area contributed by atoms with Crippen molar-refractivity contribution in [2.45, 2.75) is 127 Å². The zero-order chi connectivity index (χ0) is 23.1. The Kier molecular flexibility index (Phi) is 10.2. The first-order valence-corrected chi connectivity index (χ1v) is 13.3. The van der Waals surface area contributed by atoms with E-state index in [1.165, 1.54) is 93.0 Å². The maximum absolute atomic E-state index is 2.75. The Bertz CT molecular complexity index is 690. The molecule has 0 radical (unpaired) electrons. The van der Waals surface area contributed by atoms with Crippen molar-refractivity contribution in [1.82, 2.24) is 4.90 Å². The van der Waals surface area contributed by atoms with E-state index in [1.807, 2.05) is 0 Å². The molecule has 0 fully saturated rings. The first-order chi connectivity index (χ1) is 14.7. The van der Waals surface area contributed by atoms with Gasteiger partial charge in [0.2, 0.25) is 0 Å². The van der Waals surface area contributed by atoms with Crippen LogP contribution in [-0.2, 0) is 0 Å². The average Bonchev–Trinajstić information content (AvgIpc) is 3.06. The van der Waals surface area contributed by atoms with E-state index < -0.39 is 0 Å². The average molecular weight is 426 g/mol. The van der Waals surface area contributed by atoms with Crippen LogP contribution in [-0.4, -0.2) is 11.4 Å². The van der Waals surface area contributed by atoms with Gasteiger partial charge in [-0.1, -0.05) is 89.7 Å². The number of rotatable bonds is 13. The zero-order valence-electron chi connectivity index (χ0n) is 22.4. The van der Waals surface area contributed by atoms with Crippen molar-refractivity contribution in [3.05, 3.63) is 44.8 Å². The van der Waals surface area contributed by atoms with E-state index in [9.17, 15) is 0 Å². The van der Waals surface area contributed by atoms with Crippen LogP contribution in [0.4, 0.5) is 0 Å². The molecular weight excluding hydrogens is 374 g/mol. The van der Waals surface area contributed by atoms with Gasteiger partial charge >= 0.3 is 0 Å². The number of allylic oxidation sites excluding steroid dienone is 6. The Morgan fingerprint density at radius 2 is 0.871 bits per heavy atom. The lowest BCUT2D eigenvalue weighted by Crippen LogP contribution is -2.30. The molecule has 0 saturated carbocycles. The minimum absolute atomic E-state index is 0.539. The SMILES string of the molecule is CCCCCCCCCCCCN(C1=C(C)C(C)=C(C)C1C)C1=C(C)C(C)=C(C)C1C. The van der Waals surface area contributed by atoms with E-state index in [4.69, 9.17) is 0 Å². The summed E-state index contributed by atoms with van der Waals surface area (Å²) in [6.45, 7) is 22.3. The second-order valence-electron chi connectivity index (χ2n) is 10.4. The monoisotopic (exact) mass is 425 g/mol. The minimum Gasteiger partial charge on any atom is -0.347 e. The fraction of sp³-hybridized carbons (Fsp3) is 0.733. The summed E-state index contributed by atoms with van der Waals surface area (Å²) in [4.78, 5) is 2.75. The summed E-state index contributed by atoms with van der Waals surface area (Å²) in [7, 11) is 0. The summed E-state index contributed by atoms with van der Waals surface area (Å²) >= 11 is 0. The molecular formula is C30H51N. The predicted molar refractivity (Wildman–Crippen MR) is 139 cm³/mol. The third-order valence-corrected chi connectivity index (χ3v) is 8.51. The first kappa shape index (κ1) is 26.0. The van der Waals surface area contributed by atoms with Crippen LogP contribution in [0.15, 0.2) is 44.8 Å². The Hall–Kier alpha value is -1.24. The van der Waals surface area contributed by atoms with E-state index >= 15 is 0 Å². The van der Waals surface area contributed by atoms with Crippen molar-refractivity contribution < 1.29 is 0 Å². The second-order valence-corrected chi connectivity index (χ2v) is 10.4. The maximum Gasteiger partial charge on any atom is 0.0278 e. The lowest BCUT2D eigenvalue weighted by molar-refractivity contribution is 0.347. The third kappa shape index (κ3) is 5.96. The fourth-order valence-electron chi connectivity index (χ4n) is 5.69. The molecule has 2 rings (SSSR count). The molecule has 2 atom stereocenters. The van der Waals surface area contributed by atoms with Crippen LogP contribution >= 0.6 is 0 Å². The smallest absolute Gasteiger partial charge is 0.0278 e. The summed E-state index contributed by atoms with van der Waals surface area (Å²) in [5, 5.41) is 0. The number of hydrogen-bond donors (Lipinski definition) is 0. The van der Waals surface area contributed by atoms with E-state index in [1.54, 1.807) is 22.5 Å². The van der Waals surface area contributed by atoms with E-state index in [2.05, 4.69) is 67.2 Å². The van der Waals surface area contributed by atoms with Crippen LogP contribution in [0.5, 0.6) is 0 Å². The molecule has 176 valence electrons. The van der Waals surface area contributed by atoms with E-state index in [0.29, 0.717) is 11.8 Å². The van der Waals surface area contributed by atoms with Crippen LogP contribution in [0.2, 0.25) is 0 Å². The molecule has 0 saturated heterocycles. The third-order valence-electron chi connectivity index (χ3n) is 8.51. The molecule has 0 aliphatic heterocycles. The number of nitrogens with zero attached hydrogens (tertiary/aromatic N) is 1. The molecule has 0 bridgehead atoms. The largest absolute Gasteiger partial charge is 0.347 e. The molecule has 31 heavy (non-hydrogen) atoms. The van der Waals surface area contributed by atoms with Crippen LogP contribution in [0.25, 0.3) is 0 Å². The zero-order valence-corrected chi connectivity index (χ0v) is 22.4. The minimum atomic E-state index is 0.539. The summed E-state index contributed by atoms with van der Waals surface area (Å²) < 4.78 is 0. The number of unbranched alkanes of at least 4 members (excludes halogenated alkanes) is 9. The van der Waals surface area contributed by atoms with E-state index in [0.717, 1.165) is 0 Å². The summed E-state index contributed by atoms with van der Waals surface area (Å²) in [6.07, 6.45) is 14.0. The topological polar surface area (TPSA) is 3.24 Å². The van der Waals surface area contributed by atoms with Crippen LogP contribution in [0, 0.1) is 11.8 Å². The predicted octanol–water partition coefficient (Wildman–Crippen LogP) is 9.73. The van der Waals surface area contributed by atoms with Crippen molar-refractivity contribution in [2.75, 3.05) is 6.54 Å². The highest BCUT2D eigenvalue weighted by Crippen LogP contribution is 2.45. The van der Waals surface area contributed by atoms with Crippen molar-refractivity contribution in [3.63, 3.8) is 0 Å². The van der Waals surface area contributed by atoms with Crippen LogP contribution in [0.3, 0.4) is 0 Å². The molecule has 1 heteroatoms. The normalized spacial score (nSPS) is 22.0. The van der Waals surface area contributed by atoms with Gasteiger partial charge in [0, 0.05) is 29.8 Å². The van der Waals surface area contributed by atoms with Crippen molar-refractivity contribution in [2.24, 2.45) is 11.8 Å². The molecule has 2 aliphatic rings. The lowest BCUT2D eigenvalue weighted by atomic mass is 9.97. The summed E-state index contributed by atoms with van der Waals surface area (Å²) in [6, 6.07) is 0. The Morgan fingerprint density at radius 1 is 0.516 bits per heavy atom. The van der Waals surface area contributed by atoms with Gasteiger partial charge in [0.25, 0.3) is 0 Å². The van der Waals surface area contributed by atoms with Crippen molar-refractivity contribution in [3.8, 4) is 0 Å². The quantitative estimate of drug-likeness (QED) is 0.265. The van der Waals surface area contributed by atoms with Crippen molar-refractivity contribution >= 4 is 0 Å². The summed E-state index contributed by atoms with van der Waals surface area (Å²) in [5.74, 6) is 1.08. The Morgan fingerprint density at radius 3 is 1.19 bits per heavy atom. The highest BCUT2D eigenvalue weighted by molar-refractivity contribution is 5.51. The van der Waals surface area contributed by atoms with Gasteiger partial charge in [0.05, 0.1) is 0 Å². The van der Waals surface area contributed by atoms with Gasteiger partial charge in [-0.15, -0.1) is 0 Å². The van der Waals surface area contributed by atoms with Gasteiger partial charge in [-0.3, -0.25) is 0 Å². The fourth-order valence-corrected chi connectivity index (χ4v) is 5.69. The molecule has 0 aromatic heterocycles. The van der Waals surface area contributed by atoms with Gasteiger partial charge in [0.15, 0.2) is 0 Å². The highest BCUT2D eigenvalue weighted by Gasteiger charge is 2.34. The maximum atomic E-state index is 2.75.